The fourth-order valence-corrected chi connectivity index (χ4v) is 1.65. The Bertz CT molecular complexity index is 448. The number of rotatable bonds is 7. The summed E-state index contributed by atoms with van der Waals surface area (Å²) in [6.45, 7) is 2.03. The number of hydrogen-bond acceptors (Lipinski definition) is 3. The first kappa shape index (κ1) is 16.5. The molecule has 0 heterocycles. The van der Waals surface area contributed by atoms with Gasteiger partial charge in [0, 0.05) is 30.2 Å². The van der Waals surface area contributed by atoms with Gasteiger partial charge in [0.05, 0.1) is 13.2 Å². The van der Waals surface area contributed by atoms with Gasteiger partial charge < -0.3 is 21.1 Å². The molecule has 110 valence electrons. The molecule has 0 atom stereocenters. The number of ether oxygens (including phenoxy) is 1. The number of hydrogen-bond donors (Lipinski definition) is 3. The number of nitrogens with one attached hydrogen (secondary N) is 2. The van der Waals surface area contributed by atoms with E-state index in [4.69, 9.17) is 10.5 Å². The lowest BCUT2D eigenvalue weighted by atomic mass is 10.2. The molecular formula is C13H19BrN4O2. The Morgan fingerprint density at radius 3 is 2.60 bits per heavy atom. The maximum absolute atomic E-state index is 11.8. The number of carbonyl (C=O) groups excluding carboxylic acids is 1. The van der Waals surface area contributed by atoms with Crippen molar-refractivity contribution in [1.82, 2.24) is 10.6 Å². The van der Waals surface area contributed by atoms with E-state index in [0.29, 0.717) is 37.8 Å². The molecule has 0 aliphatic heterocycles. The Morgan fingerprint density at radius 2 is 1.95 bits per heavy atom. The van der Waals surface area contributed by atoms with E-state index in [1.165, 1.54) is 0 Å². The number of amides is 1. The van der Waals surface area contributed by atoms with Crippen LogP contribution in [0.4, 0.5) is 0 Å². The molecule has 4 N–H and O–H groups in total. The average Bonchev–Trinajstić information content (AvgIpc) is 2.44. The van der Waals surface area contributed by atoms with Crippen molar-refractivity contribution in [2.24, 2.45) is 10.7 Å². The molecule has 6 nitrogen and oxygen atoms in total. The Morgan fingerprint density at radius 1 is 1.30 bits per heavy atom. The van der Waals surface area contributed by atoms with Gasteiger partial charge in [-0.05, 0) is 24.3 Å². The van der Waals surface area contributed by atoms with E-state index in [2.05, 4.69) is 31.6 Å². The highest BCUT2D eigenvalue weighted by Crippen LogP contribution is 2.10. The molecule has 1 amide bonds. The molecule has 20 heavy (non-hydrogen) atoms. The van der Waals surface area contributed by atoms with Crippen molar-refractivity contribution in [3.8, 4) is 0 Å². The largest absolute Gasteiger partial charge is 0.383 e. The van der Waals surface area contributed by atoms with Crippen molar-refractivity contribution in [3.63, 3.8) is 0 Å². The van der Waals surface area contributed by atoms with Crippen molar-refractivity contribution in [2.75, 3.05) is 33.4 Å². The smallest absolute Gasteiger partial charge is 0.251 e. The van der Waals surface area contributed by atoms with Gasteiger partial charge in [-0.3, -0.25) is 9.79 Å². The molecule has 0 saturated heterocycles. The van der Waals surface area contributed by atoms with Gasteiger partial charge >= 0.3 is 0 Å². The number of halogens is 1. The summed E-state index contributed by atoms with van der Waals surface area (Å²) in [5.74, 6) is 0.231. The Hall–Kier alpha value is -1.60. The van der Waals surface area contributed by atoms with E-state index in [1.807, 2.05) is 12.1 Å². The fourth-order valence-electron chi connectivity index (χ4n) is 1.38. The lowest BCUT2D eigenvalue weighted by molar-refractivity contribution is 0.0954. The Kier molecular flexibility index (Phi) is 7.67. The predicted molar refractivity (Wildman–Crippen MR) is 82.8 cm³/mol. The van der Waals surface area contributed by atoms with Gasteiger partial charge in [-0.15, -0.1) is 0 Å². The van der Waals surface area contributed by atoms with Crippen LogP contribution in [0.15, 0.2) is 33.7 Å². The summed E-state index contributed by atoms with van der Waals surface area (Å²) < 4.78 is 5.80. The SMILES string of the molecule is COCCN=C(N)NCCNC(=O)c1ccc(Br)cc1. The molecule has 0 aromatic heterocycles. The first-order chi connectivity index (χ1) is 9.63. The lowest BCUT2D eigenvalue weighted by Crippen LogP contribution is -2.38. The van der Waals surface area contributed by atoms with Gasteiger partial charge in [-0.1, -0.05) is 15.9 Å². The van der Waals surface area contributed by atoms with Crippen LogP contribution < -0.4 is 16.4 Å². The molecule has 0 bridgehead atoms. The van der Waals surface area contributed by atoms with Crippen LogP contribution in [0.3, 0.4) is 0 Å². The monoisotopic (exact) mass is 342 g/mol. The van der Waals surface area contributed by atoms with Gasteiger partial charge in [0.25, 0.3) is 5.91 Å². The van der Waals surface area contributed by atoms with Crippen LogP contribution in [0, 0.1) is 0 Å². The number of nitrogens with zero attached hydrogens (tertiary/aromatic N) is 1. The van der Waals surface area contributed by atoms with Crippen molar-refractivity contribution < 1.29 is 9.53 Å². The minimum absolute atomic E-state index is 0.116. The number of aliphatic imine (C=N–C) groups is 1. The summed E-state index contributed by atoms with van der Waals surface area (Å²) in [5, 5.41) is 5.70. The molecule has 0 unspecified atom stereocenters. The maximum atomic E-state index is 11.8. The van der Waals surface area contributed by atoms with Crippen LogP contribution >= 0.6 is 15.9 Å². The van der Waals surface area contributed by atoms with Crippen LogP contribution in [0.25, 0.3) is 0 Å². The number of methoxy groups -OCH3 is 1. The van der Waals surface area contributed by atoms with Crippen molar-refractivity contribution in [1.29, 1.82) is 0 Å². The summed E-state index contributed by atoms with van der Waals surface area (Å²) in [7, 11) is 1.61. The average molecular weight is 343 g/mol. The maximum Gasteiger partial charge on any atom is 0.251 e. The third-order valence-electron chi connectivity index (χ3n) is 2.40. The number of nitrogens with two attached hydrogens (primary N) is 1. The van der Waals surface area contributed by atoms with E-state index in [0.717, 1.165) is 4.47 Å². The molecule has 0 spiro atoms. The van der Waals surface area contributed by atoms with Gasteiger partial charge in [-0.2, -0.15) is 0 Å². The normalized spacial score (nSPS) is 11.2. The molecule has 0 radical (unpaired) electrons. The third-order valence-corrected chi connectivity index (χ3v) is 2.93. The van der Waals surface area contributed by atoms with E-state index in [9.17, 15) is 4.79 Å². The second-order valence-corrected chi connectivity index (χ2v) is 4.87. The molecule has 7 heteroatoms. The zero-order valence-corrected chi connectivity index (χ0v) is 12.9. The van der Waals surface area contributed by atoms with Gasteiger partial charge in [-0.25, -0.2) is 0 Å². The number of guanidine groups is 1. The first-order valence-electron chi connectivity index (χ1n) is 6.20. The molecule has 0 aliphatic carbocycles. The van der Waals surface area contributed by atoms with Crippen LogP contribution in [-0.2, 0) is 4.74 Å². The highest BCUT2D eigenvalue weighted by Gasteiger charge is 2.03. The Balaban J connectivity index is 2.22. The molecule has 0 aliphatic rings. The van der Waals surface area contributed by atoms with E-state index in [-0.39, 0.29) is 5.91 Å². The second kappa shape index (κ2) is 9.33. The van der Waals surface area contributed by atoms with Gasteiger partial charge in [0.1, 0.15) is 0 Å². The van der Waals surface area contributed by atoms with E-state index in [1.54, 1.807) is 19.2 Å². The van der Waals surface area contributed by atoms with Crippen LogP contribution in [0.1, 0.15) is 10.4 Å². The van der Waals surface area contributed by atoms with Gasteiger partial charge in [0.2, 0.25) is 0 Å². The zero-order chi connectivity index (χ0) is 14.8. The molecule has 0 saturated carbocycles. The second-order valence-electron chi connectivity index (χ2n) is 3.95. The number of carbonyl (C=O) groups is 1. The summed E-state index contributed by atoms with van der Waals surface area (Å²) in [6, 6.07) is 7.17. The molecular weight excluding hydrogens is 324 g/mol. The minimum atomic E-state index is -0.116. The predicted octanol–water partition coefficient (Wildman–Crippen LogP) is 0.730. The summed E-state index contributed by atoms with van der Waals surface area (Å²) >= 11 is 3.32. The molecule has 0 fully saturated rings. The zero-order valence-electron chi connectivity index (χ0n) is 11.4. The Labute approximate surface area is 126 Å². The van der Waals surface area contributed by atoms with Crippen molar-refractivity contribution in [3.05, 3.63) is 34.3 Å². The van der Waals surface area contributed by atoms with E-state index >= 15 is 0 Å². The topological polar surface area (TPSA) is 88.7 Å². The minimum Gasteiger partial charge on any atom is -0.383 e. The molecule has 1 rings (SSSR count). The molecule has 1 aromatic carbocycles. The summed E-state index contributed by atoms with van der Waals surface area (Å²) in [4.78, 5) is 15.8. The lowest BCUT2D eigenvalue weighted by Gasteiger charge is -2.07. The summed E-state index contributed by atoms with van der Waals surface area (Å²) in [6.07, 6.45) is 0. The van der Waals surface area contributed by atoms with Crippen molar-refractivity contribution in [2.45, 2.75) is 0 Å². The highest BCUT2D eigenvalue weighted by atomic mass is 79.9. The molecule has 1 aromatic rings. The standard InChI is InChI=1S/C13H19BrN4O2/c1-20-9-8-18-13(15)17-7-6-16-12(19)10-2-4-11(14)5-3-10/h2-5H,6-9H2,1H3,(H,16,19)(H3,15,17,18). The van der Waals surface area contributed by atoms with Crippen LogP contribution in [0.2, 0.25) is 0 Å². The van der Waals surface area contributed by atoms with Crippen LogP contribution in [-0.4, -0.2) is 45.2 Å². The van der Waals surface area contributed by atoms with E-state index < -0.39 is 0 Å². The van der Waals surface area contributed by atoms with Crippen molar-refractivity contribution >= 4 is 27.8 Å². The quantitative estimate of drug-likeness (QED) is 0.387. The van der Waals surface area contributed by atoms with Crippen LogP contribution in [0.5, 0.6) is 0 Å². The number of benzene rings is 1. The van der Waals surface area contributed by atoms with Gasteiger partial charge in [0.15, 0.2) is 5.96 Å². The third kappa shape index (κ3) is 6.53. The fraction of sp³-hybridized carbons (Fsp3) is 0.385. The summed E-state index contributed by atoms with van der Waals surface area (Å²) in [5.41, 5.74) is 6.24. The first-order valence-corrected chi connectivity index (χ1v) is 6.99. The highest BCUT2D eigenvalue weighted by molar-refractivity contribution is 9.10.